The van der Waals surface area contributed by atoms with Gasteiger partial charge in [0.1, 0.15) is 6.33 Å². The van der Waals surface area contributed by atoms with E-state index in [2.05, 4.69) is 40.2 Å². The van der Waals surface area contributed by atoms with E-state index in [1.54, 1.807) is 23.0 Å². The lowest BCUT2D eigenvalue weighted by atomic mass is 10.0. The van der Waals surface area contributed by atoms with E-state index in [1.165, 1.54) is 0 Å². The van der Waals surface area contributed by atoms with Crippen LogP contribution in [0.1, 0.15) is 22.8 Å². The molecule has 0 aliphatic heterocycles. The van der Waals surface area contributed by atoms with Gasteiger partial charge in [0.25, 0.3) is 0 Å². The van der Waals surface area contributed by atoms with Gasteiger partial charge in [0.05, 0.1) is 6.10 Å². The summed E-state index contributed by atoms with van der Waals surface area (Å²) in [6.45, 7) is 4.80. The van der Waals surface area contributed by atoms with E-state index in [-0.39, 0.29) is 0 Å². The van der Waals surface area contributed by atoms with Crippen LogP contribution in [0, 0.1) is 0 Å². The van der Waals surface area contributed by atoms with Crippen molar-refractivity contribution >= 4 is 23.3 Å². The lowest BCUT2D eigenvalue weighted by Crippen LogP contribution is -2.21. The molecular formula is C23H21ClN4O. The van der Waals surface area contributed by atoms with Crippen molar-refractivity contribution in [1.29, 1.82) is 0 Å². The molecule has 29 heavy (non-hydrogen) atoms. The minimum Gasteiger partial charge on any atom is -0.387 e. The summed E-state index contributed by atoms with van der Waals surface area (Å²) >= 11 is 6.20. The fraction of sp³-hybridized carbons (Fsp3) is 0.130. The highest BCUT2D eigenvalue weighted by Gasteiger charge is 2.09. The molecule has 0 aliphatic carbocycles. The van der Waals surface area contributed by atoms with Gasteiger partial charge < -0.3 is 10.4 Å². The van der Waals surface area contributed by atoms with Crippen LogP contribution in [-0.2, 0) is 6.54 Å². The van der Waals surface area contributed by atoms with Crippen molar-refractivity contribution < 1.29 is 5.11 Å². The third kappa shape index (κ3) is 4.38. The monoisotopic (exact) mass is 404 g/mol. The molecule has 146 valence electrons. The van der Waals surface area contributed by atoms with E-state index >= 15 is 0 Å². The Kier molecular flexibility index (Phi) is 5.71. The molecule has 0 fully saturated rings. The first kappa shape index (κ1) is 19.3. The van der Waals surface area contributed by atoms with Crippen LogP contribution < -0.4 is 5.32 Å². The summed E-state index contributed by atoms with van der Waals surface area (Å²) in [5.74, 6) is 0. The average molecular weight is 405 g/mol. The molecule has 2 aromatic carbocycles. The van der Waals surface area contributed by atoms with Gasteiger partial charge in [-0.25, -0.2) is 9.50 Å². The molecule has 0 radical (unpaired) electrons. The number of pyridine rings is 1. The second kappa shape index (κ2) is 8.57. The molecule has 1 atom stereocenters. The standard InChI is InChI=1S/C23H21ClN4O/c1-2-17-6-7-19(11-21(17)24)22(29)13-25-12-16-4-3-5-18(10-16)20-8-9-23-26-15-27-28(23)14-20/h2-11,14-15,22,25,29H,1,12-13H2. The Bertz CT molecular complexity index is 1150. The molecular weight excluding hydrogens is 384 g/mol. The number of nitrogens with zero attached hydrogens (tertiary/aromatic N) is 3. The number of halogens is 1. The maximum Gasteiger partial charge on any atom is 0.155 e. The molecule has 0 bridgehead atoms. The largest absolute Gasteiger partial charge is 0.387 e. The van der Waals surface area contributed by atoms with Gasteiger partial charge in [-0.15, -0.1) is 0 Å². The number of rotatable bonds is 7. The van der Waals surface area contributed by atoms with Crippen molar-refractivity contribution in [2.75, 3.05) is 6.54 Å². The normalized spacial score (nSPS) is 12.2. The third-order valence-electron chi connectivity index (χ3n) is 4.83. The summed E-state index contributed by atoms with van der Waals surface area (Å²) in [6.07, 6.45) is 4.58. The highest BCUT2D eigenvalue weighted by Crippen LogP contribution is 2.23. The molecule has 0 amide bonds. The van der Waals surface area contributed by atoms with Crippen LogP contribution >= 0.6 is 11.6 Å². The Morgan fingerprint density at radius 2 is 2.03 bits per heavy atom. The first-order chi connectivity index (χ1) is 14.1. The number of hydrogen-bond acceptors (Lipinski definition) is 4. The molecule has 2 N–H and O–H groups in total. The predicted octanol–water partition coefficient (Wildman–Crippen LogP) is 4.52. The predicted molar refractivity (Wildman–Crippen MR) is 117 cm³/mol. The Morgan fingerprint density at radius 3 is 2.86 bits per heavy atom. The topological polar surface area (TPSA) is 62.5 Å². The zero-order valence-corrected chi connectivity index (χ0v) is 16.5. The maximum atomic E-state index is 10.4. The van der Waals surface area contributed by atoms with E-state index in [4.69, 9.17) is 11.6 Å². The zero-order chi connectivity index (χ0) is 20.2. The van der Waals surface area contributed by atoms with Gasteiger partial charge in [-0.2, -0.15) is 5.10 Å². The van der Waals surface area contributed by atoms with Gasteiger partial charge >= 0.3 is 0 Å². The van der Waals surface area contributed by atoms with Gasteiger partial charge in [0.2, 0.25) is 0 Å². The van der Waals surface area contributed by atoms with E-state index in [0.29, 0.717) is 18.1 Å². The highest BCUT2D eigenvalue weighted by atomic mass is 35.5. The van der Waals surface area contributed by atoms with Crippen molar-refractivity contribution in [1.82, 2.24) is 19.9 Å². The minimum atomic E-state index is -0.635. The second-order valence-corrected chi connectivity index (χ2v) is 7.22. The van der Waals surface area contributed by atoms with Crippen LogP contribution in [0.4, 0.5) is 0 Å². The number of fused-ring (bicyclic) bond motifs is 1. The molecule has 6 heteroatoms. The van der Waals surface area contributed by atoms with E-state index in [9.17, 15) is 5.11 Å². The summed E-state index contributed by atoms with van der Waals surface area (Å²) in [6, 6.07) is 17.8. The fourth-order valence-electron chi connectivity index (χ4n) is 3.24. The fourth-order valence-corrected chi connectivity index (χ4v) is 3.50. The Hall–Kier alpha value is -2.99. The van der Waals surface area contributed by atoms with Crippen LogP contribution in [0.25, 0.3) is 22.9 Å². The summed E-state index contributed by atoms with van der Waals surface area (Å²) in [5.41, 5.74) is 5.77. The molecule has 2 aromatic heterocycles. The van der Waals surface area contributed by atoms with Crippen LogP contribution in [0.3, 0.4) is 0 Å². The Labute approximate surface area is 174 Å². The van der Waals surface area contributed by atoms with Crippen molar-refractivity contribution in [2.24, 2.45) is 0 Å². The summed E-state index contributed by atoms with van der Waals surface area (Å²) in [7, 11) is 0. The number of aliphatic hydroxyl groups excluding tert-OH is 1. The maximum absolute atomic E-state index is 10.4. The Balaban J connectivity index is 1.40. The highest BCUT2D eigenvalue weighted by molar-refractivity contribution is 6.32. The first-order valence-electron chi connectivity index (χ1n) is 9.33. The lowest BCUT2D eigenvalue weighted by Gasteiger charge is -2.14. The lowest BCUT2D eigenvalue weighted by molar-refractivity contribution is 0.174. The van der Waals surface area contributed by atoms with Crippen LogP contribution in [0.15, 0.2) is 73.7 Å². The SMILES string of the molecule is C=Cc1ccc(C(O)CNCc2cccc(-c3ccc4ncnn4c3)c2)cc1Cl. The van der Waals surface area contributed by atoms with Crippen LogP contribution in [-0.4, -0.2) is 26.2 Å². The molecule has 4 aromatic rings. The van der Waals surface area contributed by atoms with Crippen LogP contribution in [0.5, 0.6) is 0 Å². The number of aliphatic hydroxyl groups is 1. The Morgan fingerprint density at radius 1 is 1.14 bits per heavy atom. The minimum absolute atomic E-state index is 0.429. The molecule has 0 aliphatic rings. The molecule has 2 heterocycles. The second-order valence-electron chi connectivity index (χ2n) is 6.81. The van der Waals surface area contributed by atoms with Crippen molar-refractivity contribution in [3.05, 3.63) is 95.4 Å². The van der Waals surface area contributed by atoms with Crippen molar-refractivity contribution in [3.8, 4) is 11.1 Å². The molecule has 0 spiro atoms. The van der Waals surface area contributed by atoms with Gasteiger partial charge in [-0.1, -0.05) is 54.6 Å². The number of nitrogens with one attached hydrogen (secondary N) is 1. The first-order valence-corrected chi connectivity index (χ1v) is 9.71. The number of benzene rings is 2. The molecule has 0 saturated heterocycles. The summed E-state index contributed by atoms with van der Waals surface area (Å²) < 4.78 is 1.76. The average Bonchev–Trinajstić information content (AvgIpc) is 3.21. The van der Waals surface area contributed by atoms with Gasteiger partial charge in [0, 0.05) is 29.9 Å². The van der Waals surface area contributed by atoms with Crippen molar-refractivity contribution in [3.63, 3.8) is 0 Å². The van der Waals surface area contributed by atoms with Crippen molar-refractivity contribution in [2.45, 2.75) is 12.6 Å². The van der Waals surface area contributed by atoms with Gasteiger partial charge in [-0.3, -0.25) is 0 Å². The number of hydrogen-bond donors (Lipinski definition) is 2. The third-order valence-corrected chi connectivity index (χ3v) is 5.16. The van der Waals surface area contributed by atoms with E-state index in [1.807, 2.05) is 36.5 Å². The van der Waals surface area contributed by atoms with Crippen LogP contribution in [0.2, 0.25) is 5.02 Å². The smallest absolute Gasteiger partial charge is 0.155 e. The number of aromatic nitrogens is 3. The molecule has 1 unspecified atom stereocenters. The molecule has 0 saturated carbocycles. The quantitative estimate of drug-likeness (QED) is 0.475. The summed E-state index contributed by atoms with van der Waals surface area (Å²) in [5, 5.41) is 18.5. The van der Waals surface area contributed by atoms with Gasteiger partial charge in [0.15, 0.2) is 5.65 Å². The zero-order valence-electron chi connectivity index (χ0n) is 15.8. The molecule has 4 rings (SSSR count). The van der Waals surface area contributed by atoms with E-state index < -0.39 is 6.10 Å². The van der Waals surface area contributed by atoms with Gasteiger partial charge in [-0.05, 0) is 46.5 Å². The molecule has 5 nitrogen and oxygen atoms in total. The van der Waals surface area contributed by atoms with E-state index in [0.717, 1.165) is 33.5 Å². The summed E-state index contributed by atoms with van der Waals surface area (Å²) in [4.78, 5) is 4.17.